The van der Waals surface area contributed by atoms with Crippen LogP contribution < -0.4 is 10.4 Å². The molecule has 2 aliphatic rings. The highest BCUT2D eigenvalue weighted by molar-refractivity contribution is 5.94. The second kappa shape index (κ2) is 8.43. The highest BCUT2D eigenvalue weighted by Gasteiger charge is 2.34. The minimum atomic E-state index is -0.0118. The number of hydrogen-bond donors (Lipinski definition) is 0. The molecule has 29 heavy (non-hydrogen) atoms. The van der Waals surface area contributed by atoms with E-state index >= 15 is 0 Å². The van der Waals surface area contributed by atoms with Crippen LogP contribution in [0, 0.1) is 0 Å². The van der Waals surface area contributed by atoms with Gasteiger partial charge in [0.05, 0.1) is 6.61 Å². The van der Waals surface area contributed by atoms with E-state index in [0.717, 1.165) is 50.1 Å². The smallest absolute Gasteiger partial charge is 0.345 e. The van der Waals surface area contributed by atoms with Gasteiger partial charge in [-0.25, -0.2) is 9.48 Å². The monoisotopic (exact) mass is 398 g/mol. The van der Waals surface area contributed by atoms with Crippen molar-refractivity contribution in [2.45, 2.75) is 57.4 Å². The lowest BCUT2D eigenvalue weighted by molar-refractivity contribution is 0.0710. The topological polar surface area (TPSA) is 69.4 Å². The Bertz CT molecular complexity index is 903. The fourth-order valence-corrected chi connectivity index (χ4v) is 4.00. The molecular weight excluding hydrogens is 368 g/mol. The number of ether oxygens (including phenoxy) is 1. The molecule has 4 rings (SSSR count). The number of likely N-dealkylation sites (tertiary alicyclic amines) is 1. The first-order valence-corrected chi connectivity index (χ1v) is 10.8. The Morgan fingerprint density at radius 1 is 1.14 bits per heavy atom. The Hall–Kier alpha value is -2.57. The maximum atomic E-state index is 12.9. The van der Waals surface area contributed by atoms with Crippen LogP contribution in [0.15, 0.2) is 29.1 Å². The average molecular weight is 399 g/mol. The number of carbonyl (C=O) groups is 1. The predicted molar refractivity (Wildman–Crippen MR) is 110 cm³/mol. The third-order valence-corrected chi connectivity index (χ3v) is 5.91. The lowest BCUT2D eigenvalue weighted by atomic mass is 9.95. The summed E-state index contributed by atoms with van der Waals surface area (Å²) in [6.45, 7) is 4.21. The Morgan fingerprint density at radius 2 is 1.83 bits per heavy atom. The number of piperidine rings is 1. The van der Waals surface area contributed by atoms with Crippen LogP contribution in [-0.2, 0) is 7.05 Å². The summed E-state index contributed by atoms with van der Waals surface area (Å²) in [4.78, 5) is 27.1. The summed E-state index contributed by atoms with van der Waals surface area (Å²) in [6, 6.07) is 7.76. The molecule has 1 aliphatic carbocycles. The zero-order valence-electron chi connectivity index (χ0n) is 17.3. The van der Waals surface area contributed by atoms with Crippen LogP contribution in [0.2, 0.25) is 0 Å². The van der Waals surface area contributed by atoms with Crippen molar-refractivity contribution >= 4 is 5.91 Å². The second-order valence-electron chi connectivity index (χ2n) is 8.16. The molecule has 2 heterocycles. The molecule has 7 nitrogen and oxygen atoms in total. The Labute approximate surface area is 171 Å². The van der Waals surface area contributed by atoms with E-state index in [0.29, 0.717) is 31.3 Å². The third kappa shape index (κ3) is 4.23. The molecule has 0 unspecified atom stereocenters. The van der Waals surface area contributed by atoms with Crippen molar-refractivity contribution < 1.29 is 9.53 Å². The minimum Gasteiger partial charge on any atom is -0.494 e. The van der Waals surface area contributed by atoms with Crippen LogP contribution in [0.5, 0.6) is 5.75 Å². The van der Waals surface area contributed by atoms with E-state index in [2.05, 4.69) is 12.0 Å². The first kappa shape index (κ1) is 19.7. The molecular formula is C22H30N4O3. The number of aryl methyl sites for hydroxylation is 1. The molecule has 1 aliphatic heterocycles. The van der Waals surface area contributed by atoms with Crippen molar-refractivity contribution in [3.8, 4) is 5.75 Å². The maximum absolute atomic E-state index is 12.9. The lowest BCUT2D eigenvalue weighted by Crippen LogP contribution is -2.38. The number of rotatable bonds is 7. The molecule has 1 saturated heterocycles. The van der Waals surface area contributed by atoms with E-state index in [1.807, 2.05) is 33.7 Å². The number of nitrogens with zero attached hydrogens (tertiary/aromatic N) is 4. The lowest BCUT2D eigenvalue weighted by Gasteiger charge is -2.31. The fourth-order valence-electron chi connectivity index (χ4n) is 4.00. The summed E-state index contributed by atoms with van der Waals surface area (Å²) in [7, 11) is 1.72. The molecule has 0 spiro atoms. The van der Waals surface area contributed by atoms with Gasteiger partial charge in [0.25, 0.3) is 5.91 Å². The van der Waals surface area contributed by atoms with Gasteiger partial charge in [0.1, 0.15) is 11.6 Å². The van der Waals surface area contributed by atoms with E-state index in [9.17, 15) is 9.59 Å². The summed E-state index contributed by atoms with van der Waals surface area (Å²) in [5.41, 5.74) is 0.682. The molecule has 156 valence electrons. The van der Waals surface area contributed by atoms with E-state index in [-0.39, 0.29) is 17.5 Å². The number of unbranched alkanes of at least 4 members (excludes halogenated alkanes) is 1. The number of hydrogen-bond acceptors (Lipinski definition) is 4. The van der Waals surface area contributed by atoms with Crippen molar-refractivity contribution in [2.24, 2.45) is 7.05 Å². The molecule has 1 aromatic carbocycles. The molecule has 2 aromatic rings. The van der Waals surface area contributed by atoms with Crippen LogP contribution in [0.4, 0.5) is 0 Å². The van der Waals surface area contributed by atoms with Crippen molar-refractivity contribution in [1.82, 2.24) is 19.2 Å². The molecule has 7 heteroatoms. The summed E-state index contributed by atoms with van der Waals surface area (Å²) in [6.07, 6.45) is 5.94. The molecule has 1 amide bonds. The van der Waals surface area contributed by atoms with E-state index in [1.54, 1.807) is 7.05 Å². The first-order chi connectivity index (χ1) is 14.1. The summed E-state index contributed by atoms with van der Waals surface area (Å²) in [5.74, 6) is 2.01. The minimum absolute atomic E-state index is 0.0118. The van der Waals surface area contributed by atoms with Crippen LogP contribution in [0.1, 0.15) is 73.6 Å². The number of aromatic nitrogens is 3. The number of carbonyl (C=O) groups excluding carboxylic acids is 1. The largest absolute Gasteiger partial charge is 0.494 e. The van der Waals surface area contributed by atoms with Gasteiger partial charge < -0.3 is 9.64 Å². The highest BCUT2D eigenvalue weighted by atomic mass is 16.5. The van der Waals surface area contributed by atoms with Crippen molar-refractivity contribution in [1.29, 1.82) is 0 Å². The molecule has 1 aromatic heterocycles. The molecule has 1 saturated carbocycles. The molecule has 0 atom stereocenters. The zero-order chi connectivity index (χ0) is 20.4. The van der Waals surface area contributed by atoms with E-state index in [1.165, 1.54) is 4.68 Å². The van der Waals surface area contributed by atoms with Crippen LogP contribution >= 0.6 is 0 Å². The molecule has 0 bridgehead atoms. The average Bonchev–Trinajstić information content (AvgIpc) is 3.54. The van der Waals surface area contributed by atoms with Crippen molar-refractivity contribution in [2.75, 3.05) is 19.7 Å². The van der Waals surface area contributed by atoms with Gasteiger partial charge in [-0.2, -0.15) is 5.10 Å². The van der Waals surface area contributed by atoms with Crippen LogP contribution in [0.3, 0.4) is 0 Å². The van der Waals surface area contributed by atoms with E-state index in [4.69, 9.17) is 4.74 Å². The van der Waals surface area contributed by atoms with Crippen LogP contribution in [0.25, 0.3) is 0 Å². The second-order valence-corrected chi connectivity index (χ2v) is 8.16. The normalized spacial score (nSPS) is 17.5. The Balaban J connectivity index is 1.37. The summed E-state index contributed by atoms with van der Waals surface area (Å²) in [5, 5.41) is 4.51. The third-order valence-electron chi connectivity index (χ3n) is 5.91. The predicted octanol–water partition coefficient (Wildman–Crippen LogP) is 3.12. The van der Waals surface area contributed by atoms with E-state index < -0.39 is 0 Å². The van der Waals surface area contributed by atoms with Crippen molar-refractivity contribution in [3.05, 3.63) is 46.1 Å². The van der Waals surface area contributed by atoms with Gasteiger partial charge in [0, 0.05) is 37.7 Å². The van der Waals surface area contributed by atoms with Gasteiger partial charge in [-0.1, -0.05) is 13.3 Å². The summed E-state index contributed by atoms with van der Waals surface area (Å²) < 4.78 is 9.02. The highest BCUT2D eigenvalue weighted by Crippen LogP contribution is 2.37. The van der Waals surface area contributed by atoms with Gasteiger partial charge in [-0.3, -0.25) is 9.36 Å². The van der Waals surface area contributed by atoms with Gasteiger partial charge in [0.2, 0.25) is 0 Å². The van der Waals surface area contributed by atoms with Gasteiger partial charge in [-0.05, 0) is 56.4 Å². The SMILES string of the molecule is CCCCOc1ccc(C(=O)N2CCC(c3nn(C)c(=O)n3C3CC3)CC2)cc1. The number of benzene rings is 1. The summed E-state index contributed by atoms with van der Waals surface area (Å²) >= 11 is 0. The molecule has 2 fully saturated rings. The Kier molecular flexibility index (Phi) is 5.74. The number of amides is 1. The zero-order valence-corrected chi connectivity index (χ0v) is 17.3. The fraction of sp³-hybridized carbons (Fsp3) is 0.591. The quantitative estimate of drug-likeness (QED) is 0.672. The van der Waals surface area contributed by atoms with Gasteiger partial charge in [0.15, 0.2) is 0 Å². The first-order valence-electron chi connectivity index (χ1n) is 10.8. The van der Waals surface area contributed by atoms with Crippen molar-refractivity contribution in [3.63, 3.8) is 0 Å². The standard InChI is InChI=1S/C22H30N4O3/c1-3-4-15-29-19-9-5-17(6-10-19)21(27)25-13-11-16(12-14-25)20-23-24(2)22(28)26(20)18-7-8-18/h5-6,9-10,16,18H,3-4,7-8,11-15H2,1-2H3. The van der Waals surface area contributed by atoms with Gasteiger partial charge >= 0.3 is 5.69 Å². The van der Waals surface area contributed by atoms with Crippen LogP contribution in [-0.4, -0.2) is 44.9 Å². The Morgan fingerprint density at radius 3 is 2.45 bits per heavy atom. The van der Waals surface area contributed by atoms with Gasteiger partial charge in [-0.15, -0.1) is 0 Å². The maximum Gasteiger partial charge on any atom is 0.345 e. The molecule has 0 N–H and O–H groups in total. The molecule has 0 radical (unpaired) electrons.